The summed E-state index contributed by atoms with van der Waals surface area (Å²) in [5, 5.41) is 9.80. The predicted molar refractivity (Wildman–Crippen MR) is 46.6 cm³/mol. The summed E-state index contributed by atoms with van der Waals surface area (Å²) in [6.45, 7) is 3.77. The van der Waals surface area contributed by atoms with Crippen LogP contribution in [0.2, 0.25) is 0 Å². The first-order valence-electron chi connectivity index (χ1n) is 3.90. The fraction of sp³-hybridized carbons (Fsp3) is 0.625. The van der Waals surface area contributed by atoms with E-state index in [9.17, 15) is 5.11 Å². The third kappa shape index (κ3) is 1.35. The van der Waals surface area contributed by atoms with E-state index in [1.165, 1.54) is 0 Å². The van der Waals surface area contributed by atoms with Crippen molar-refractivity contribution >= 4 is 0 Å². The van der Waals surface area contributed by atoms with Crippen LogP contribution >= 0.6 is 0 Å². The Morgan fingerprint density at radius 2 is 2.33 bits per heavy atom. The summed E-state index contributed by atoms with van der Waals surface area (Å²) in [5.74, 6) is 0.874. The van der Waals surface area contributed by atoms with Crippen LogP contribution in [0, 0.1) is 6.92 Å². The highest BCUT2D eigenvalue weighted by atomic mass is 16.3. The highest BCUT2D eigenvalue weighted by Gasteiger charge is 2.24. The van der Waals surface area contributed by atoms with Gasteiger partial charge in [0.1, 0.15) is 11.4 Å². The number of nitrogens with two attached hydrogens (primary N) is 1. The number of rotatable bonds is 2. The fourth-order valence-electron chi connectivity index (χ4n) is 1.11. The van der Waals surface area contributed by atoms with E-state index in [0.29, 0.717) is 0 Å². The molecule has 0 spiro atoms. The number of nitrogens with zero attached hydrogens (tertiary/aromatic N) is 2. The maximum Gasteiger partial charge on any atom is 0.115 e. The zero-order valence-electron chi connectivity index (χ0n) is 7.70. The quantitative estimate of drug-likeness (QED) is 0.649. The Bertz CT molecular complexity index is 278. The second-order valence-corrected chi connectivity index (χ2v) is 3.23. The summed E-state index contributed by atoms with van der Waals surface area (Å²) in [6.07, 6.45) is 1.65. The fourth-order valence-corrected chi connectivity index (χ4v) is 1.11. The van der Waals surface area contributed by atoms with Gasteiger partial charge in [-0.3, -0.25) is 0 Å². The van der Waals surface area contributed by atoms with Gasteiger partial charge in [0.25, 0.3) is 0 Å². The lowest BCUT2D eigenvalue weighted by Gasteiger charge is -2.21. The van der Waals surface area contributed by atoms with Crippen molar-refractivity contribution in [3.05, 3.63) is 17.7 Å². The molecule has 0 fully saturated rings. The van der Waals surface area contributed by atoms with Gasteiger partial charge < -0.3 is 15.4 Å². The number of aromatic nitrogens is 2. The molecule has 1 heterocycles. The predicted octanol–water partition coefficient (Wildman–Crippen LogP) is -0.105. The summed E-state index contributed by atoms with van der Waals surface area (Å²) in [7, 11) is 1.86. The molecule has 1 rings (SSSR count). The van der Waals surface area contributed by atoms with Crippen molar-refractivity contribution in [1.82, 2.24) is 9.55 Å². The van der Waals surface area contributed by atoms with Gasteiger partial charge in [0.05, 0.1) is 11.9 Å². The summed E-state index contributed by atoms with van der Waals surface area (Å²) in [6, 6.07) is 0. The molecule has 0 amide bonds. The van der Waals surface area contributed by atoms with Crippen LogP contribution < -0.4 is 5.73 Å². The van der Waals surface area contributed by atoms with Gasteiger partial charge in [-0.15, -0.1) is 0 Å². The van der Waals surface area contributed by atoms with Crippen LogP contribution in [0.5, 0.6) is 0 Å². The van der Waals surface area contributed by atoms with E-state index in [4.69, 9.17) is 5.73 Å². The number of hydrogen-bond acceptors (Lipinski definition) is 3. The Hall–Kier alpha value is -0.870. The van der Waals surface area contributed by atoms with Crippen molar-refractivity contribution in [2.75, 3.05) is 6.54 Å². The summed E-state index contributed by atoms with van der Waals surface area (Å²) < 4.78 is 1.84. The largest absolute Gasteiger partial charge is 0.383 e. The van der Waals surface area contributed by atoms with Crippen molar-refractivity contribution in [2.45, 2.75) is 19.4 Å². The summed E-state index contributed by atoms with van der Waals surface area (Å²) in [5.41, 5.74) is 5.20. The average Bonchev–Trinajstić information content (AvgIpc) is 2.33. The molecule has 1 aromatic heterocycles. The molecule has 0 aliphatic heterocycles. The lowest BCUT2D eigenvalue weighted by Crippen LogP contribution is -2.33. The summed E-state index contributed by atoms with van der Waals surface area (Å²) in [4.78, 5) is 4.08. The van der Waals surface area contributed by atoms with Crippen LogP contribution in [-0.4, -0.2) is 21.2 Å². The van der Waals surface area contributed by atoms with Crippen LogP contribution in [0.1, 0.15) is 18.4 Å². The molecule has 12 heavy (non-hydrogen) atoms. The smallest absolute Gasteiger partial charge is 0.115 e. The van der Waals surface area contributed by atoms with Gasteiger partial charge in [-0.25, -0.2) is 4.98 Å². The minimum absolute atomic E-state index is 0.200. The van der Waals surface area contributed by atoms with E-state index in [2.05, 4.69) is 4.98 Å². The van der Waals surface area contributed by atoms with E-state index < -0.39 is 5.60 Å². The highest BCUT2D eigenvalue weighted by Crippen LogP contribution is 2.18. The molecule has 3 N–H and O–H groups in total. The van der Waals surface area contributed by atoms with Gasteiger partial charge in [0.2, 0.25) is 0 Å². The third-order valence-corrected chi connectivity index (χ3v) is 2.17. The van der Waals surface area contributed by atoms with Gasteiger partial charge in [0.15, 0.2) is 0 Å². The molecule has 68 valence electrons. The van der Waals surface area contributed by atoms with Gasteiger partial charge in [0, 0.05) is 13.6 Å². The first kappa shape index (κ1) is 9.22. The lowest BCUT2D eigenvalue weighted by atomic mass is 10.0. The number of hydrogen-bond donors (Lipinski definition) is 2. The average molecular weight is 169 g/mol. The molecule has 4 heteroatoms. The van der Waals surface area contributed by atoms with Crippen LogP contribution in [0.3, 0.4) is 0 Å². The Morgan fingerprint density at radius 1 is 1.75 bits per heavy atom. The number of aliphatic hydroxyl groups is 1. The highest BCUT2D eigenvalue weighted by molar-refractivity contribution is 5.12. The number of aryl methyl sites for hydroxylation is 1. The topological polar surface area (TPSA) is 64.1 Å². The first-order valence-corrected chi connectivity index (χ1v) is 3.90. The van der Waals surface area contributed by atoms with Crippen molar-refractivity contribution in [3.8, 4) is 0 Å². The van der Waals surface area contributed by atoms with Crippen molar-refractivity contribution in [2.24, 2.45) is 12.8 Å². The van der Waals surface area contributed by atoms with Gasteiger partial charge in [-0.05, 0) is 13.8 Å². The van der Waals surface area contributed by atoms with Crippen LogP contribution in [0.25, 0.3) is 0 Å². The van der Waals surface area contributed by atoms with E-state index in [1.807, 2.05) is 18.5 Å². The van der Waals surface area contributed by atoms with Gasteiger partial charge in [-0.2, -0.15) is 0 Å². The van der Waals surface area contributed by atoms with Crippen molar-refractivity contribution in [3.63, 3.8) is 0 Å². The Balaban J connectivity index is 3.11. The maximum atomic E-state index is 9.80. The zero-order valence-corrected chi connectivity index (χ0v) is 7.70. The van der Waals surface area contributed by atoms with Crippen LogP contribution in [-0.2, 0) is 12.6 Å². The van der Waals surface area contributed by atoms with Crippen molar-refractivity contribution < 1.29 is 5.11 Å². The normalized spacial score (nSPS) is 16.1. The second-order valence-electron chi connectivity index (χ2n) is 3.23. The van der Waals surface area contributed by atoms with E-state index in [1.54, 1.807) is 13.1 Å². The third-order valence-electron chi connectivity index (χ3n) is 2.17. The van der Waals surface area contributed by atoms with Gasteiger partial charge >= 0.3 is 0 Å². The lowest BCUT2D eigenvalue weighted by molar-refractivity contribution is 0.0590. The molecule has 1 atom stereocenters. The van der Waals surface area contributed by atoms with E-state index >= 15 is 0 Å². The van der Waals surface area contributed by atoms with Crippen LogP contribution in [0.15, 0.2) is 6.20 Å². The molecule has 0 saturated carbocycles. The molecule has 0 aliphatic carbocycles. The minimum Gasteiger partial charge on any atom is -0.383 e. The molecule has 1 unspecified atom stereocenters. The van der Waals surface area contributed by atoms with Crippen molar-refractivity contribution in [1.29, 1.82) is 0 Å². The first-order chi connectivity index (χ1) is 5.49. The SMILES string of the molecule is Cc1ncc(C(C)(O)CN)n1C. The monoisotopic (exact) mass is 169 g/mol. The second kappa shape index (κ2) is 2.88. The molecule has 1 aromatic rings. The molecule has 4 nitrogen and oxygen atoms in total. The molecular weight excluding hydrogens is 154 g/mol. The van der Waals surface area contributed by atoms with Crippen LogP contribution in [0.4, 0.5) is 0 Å². The molecule has 0 aliphatic rings. The Labute approximate surface area is 72.0 Å². The summed E-state index contributed by atoms with van der Waals surface area (Å²) >= 11 is 0. The van der Waals surface area contributed by atoms with E-state index in [-0.39, 0.29) is 6.54 Å². The Morgan fingerprint density at radius 3 is 2.67 bits per heavy atom. The zero-order chi connectivity index (χ0) is 9.35. The molecular formula is C8H15N3O. The molecule has 0 radical (unpaired) electrons. The van der Waals surface area contributed by atoms with Gasteiger partial charge in [-0.1, -0.05) is 0 Å². The number of imidazole rings is 1. The minimum atomic E-state index is -0.976. The molecule has 0 bridgehead atoms. The molecule has 0 saturated heterocycles. The molecule has 0 aromatic carbocycles. The Kier molecular flexibility index (Phi) is 2.21. The maximum absolute atomic E-state index is 9.80. The standard InChI is InChI=1S/C8H15N3O/c1-6-10-4-7(11(6)3)8(2,12)5-9/h4,12H,5,9H2,1-3H3. The van der Waals surface area contributed by atoms with E-state index in [0.717, 1.165) is 11.5 Å².